The lowest BCUT2D eigenvalue weighted by atomic mass is 10.2. The van der Waals surface area contributed by atoms with Gasteiger partial charge in [-0.1, -0.05) is 80.5 Å². The second kappa shape index (κ2) is 10.2. The average molecular weight is 493 g/mol. The quantitative estimate of drug-likeness (QED) is 0.305. The molecule has 0 spiro atoms. The van der Waals surface area contributed by atoms with Gasteiger partial charge in [0.2, 0.25) is 0 Å². The van der Waals surface area contributed by atoms with Gasteiger partial charge in [0, 0.05) is 5.33 Å². The molecule has 0 N–H and O–H groups in total. The van der Waals surface area contributed by atoms with Gasteiger partial charge < -0.3 is 4.74 Å². The SMILES string of the molecule is Cc1ccc(S(=O)(=O)N2[C@H](/C=C/CCCBr)CN2C(=O)OCc2ccccc2)cc1. The third-order valence-electron chi connectivity index (χ3n) is 4.73. The van der Waals surface area contributed by atoms with Gasteiger partial charge in [-0.3, -0.25) is 0 Å². The minimum Gasteiger partial charge on any atom is -0.444 e. The van der Waals surface area contributed by atoms with E-state index in [4.69, 9.17) is 4.74 Å². The maximum Gasteiger partial charge on any atom is 0.425 e. The summed E-state index contributed by atoms with van der Waals surface area (Å²) in [6, 6.07) is 15.5. The van der Waals surface area contributed by atoms with Crippen molar-refractivity contribution in [2.75, 3.05) is 11.9 Å². The van der Waals surface area contributed by atoms with Crippen molar-refractivity contribution in [2.45, 2.75) is 37.3 Å². The highest BCUT2D eigenvalue weighted by molar-refractivity contribution is 9.09. The number of amides is 1. The molecule has 6 nitrogen and oxygen atoms in total. The maximum atomic E-state index is 13.2. The molecule has 0 unspecified atom stereocenters. The first-order valence-corrected chi connectivity index (χ1v) is 12.3. The number of allylic oxidation sites excluding steroid dienone is 1. The molecule has 1 saturated heterocycles. The molecule has 0 radical (unpaired) electrons. The Hall–Kier alpha value is -2.16. The molecule has 0 bridgehead atoms. The summed E-state index contributed by atoms with van der Waals surface area (Å²) in [4.78, 5) is 12.8. The molecule has 0 aromatic heterocycles. The average Bonchev–Trinajstić information content (AvgIpc) is 2.71. The predicted octanol–water partition coefficient (Wildman–Crippen LogP) is 4.65. The molecule has 3 rings (SSSR count). The van der Waals surface area contributed by atoms with Crippen LogP contribution in [0, 0.1) is 6.92 Å². The molecule has 1 fully saturated rings. The van der Waals surface area contributed by atoms with E-state index in [1.54, 1.807) is 24.3 Å². The van der Waals surface area contributed by atoms with Crippen LogP contribution in [0.1, 0.15) is 24.0 Å². The molecule has 30 heavy (non-hydrogen) atoms. The van der Waals surface area contributed by atoms with Crippen LogP contribution >= 0.6 is 15.9 Å². The Morgan fingerprint density at radius 1 is 1.17 bits per heavy atom. The van der Waals surface area contributed by atoms with E-state index < -0.39 is 22.2 Å². The Balaban J connectivity index is 1.77. The summed E-state index contributed by atoms with van der Waals surface area (Å²) in [7, 11) is -3.89. The van der Waals surface area contributed by atoms with E-state index in [0.717, 1.165) is 38.7 Å². The zero-order valence-corrected chi connectivity index (χ0v) is 19.2. The number of carbonyl (C=O) groups is 1. The summed E-state index contributed by atoms with van der Waals surface area (Å²) in [5.74, 6) is 0. The summed E-state index contributed by atoms with van der Waals surface area (Å²) in [5.41, 5.74) is 1.80. The fourth-order valence-corrected chi connectivity index (χ4v) is 4.97. The Kier molecular flexibility index (Phi) is 7.69. The number of ether oxygens (including phenoxy) is 1. The first-order chi connectivity index (χ1) is 14.4. The molecule has 8 heteroatoms. The maximum absolute atomic E-state index is 13.2. The van der Waals surface area contributed by atoms with Gasteiger partial charge in [-0.25, -0.2) is 18.2 Å². The van der Waals surface area contributed by atoms with Gasteiger partial charge in [0.25, 0.3) is 10.0 Å². The number of hydrogen-bond acceptors (Lipinski definition) is 4. The Bertz CT molecular complexity index is 978. The highest BCUT2D eigenvalue weighted by Crippen LogP contribution is 2.30. The van der Waals surface area contributed by atoms with Gasteiger partial charge in [0.1, 0.15) is 6.61 Å². The predicted molar refractivity (Wildman–Crippen MR) is 119 cm³/mol. The van der Waals surface area contributed by atoms with Crippen LogP contribution in [0.15, 0.2) is 71.6 Å². The lowest BCUT2D eigenvalue weighted by Gasteiger charge is -2.47. The van der Waals surface area contributed by atoms with Crippen molar-refractivity contribution in [1.82, 2.24) is 9.42 Å². The number of alkyl halides is 1. The Morgan fingerprint density at radius 3 is 2.53 bits per heavy atom. The van der Waals surface area contributed by atoms with Crippen LogP contribution in [-0.4, -0.2) is 41.9 Å². The third-order valence-corrected chi connectivity index (χ3v) is 7.11. The number of hydrazine groups is 1. The van der Waals surface area contributed by atoms with Gasteiger partial charge in [-0.15, -0.1) is 0 Å². The number of sulfonamides is 1. The van der Waals surface area contributed by atoms with Crippen molar-refractivity contribution >= 4 is 32.0 Å². The van der Waals surface area contributed by atoms with E-state index in [0.29, 0.717) is 0 Å². The zero-order valence-electron chi connectivity index (χ0n) is 16.8. The molecular formula is C22H25BrN2O4S. The monoisotopic (exact) mass is 492 g/mol. The smallest absolute Gasteiger partial charge is 0.425 e. The second-order valence-corrected chi connectivity index (χ2v) is 9.63. The van der Waals surface area contributed by atoms with Crippen LogP contribution in [-0.2, 0) is 21.4 Å². The minimum absolute atomic E-state index is 0.0837. The Labute approximate surface area is 186 Å². The summed E-state index contributed by atoms with van der Waals surface area (Å²) < 4.78 is 33.0. The number of aryl methyl sites for hydroxylation is 1. The third kappa shape index (κ3) is 5.30. The lowest BCUT2D eigenvalue weighted by Crippen LogP contribution is -2.67. The number of rotatable bonds is 8. The number of benzene rings is 2. The van der Waals surface area contributed by atoms with Gasteiger partial charge in [0.05, 0.1) is 17.5 Å². The van der Waals surface area contributed by atoms with Crippen molar-refractivity contribution in [3.8, 4) is 0 Å². The van der Waals surface area contributed by atoms with Gasteiger partial charge in [-0.2, -0.15) is 0 Å². The number of unbranched alkanes of at least 4 members (excludes halogenated alkanes) is 1. The van der Waals surface area contributed by atoms with Gasteiger partial charge in [0.15, 0.2) is 0 Å². The van der Waals surface area contributed by atoms with Crippen LogP contribution < -0.4 is 0 Å². The van der Waals surface area contributed by atoms with E-state index in [9.17, 15) is 13.2 Å². The van der Waals surface area contributed by atoms with Crippen LogP contribution in [0.4, 0.5) is 4.79 Å². The van der Waals surface area contributed by atoms with Crippen LogP contribution in [0.25, 0.3) is 0 Å². The molecule has 0 saturated carbocycles. The number of nitrogens with zero attached hydrogens (tertiary/aromatic N) is 2. The highest BCUT2D eigenvalue weighted by atomic mass is 79.9. The van der Waals surface area contributed by atoms with Crippen LogP contribution in [0.3, 0.4) is 0 Å². The van der Waals surface area contributed by atoms with Crippen LogP contribution in [0.5, 0.6) is 0 Å². The molecular weight excluding hydrogens is 468 g/mol. The summed E-state index contributed by atoms with van der Waals surface area (Å²) in [6.07, 6.45) is 4.90. The zero-order chi connectivity index (χ0) is 21.6. The first-order valence-electron chi connectivity index (χ1n) is 9.75. The fourth-order valence-electron chi connectivity index (χ4n) is 3.07. The molecule has 1 atom stereocenters. The molecule has 0 aliphatic carbocycles. The molecule has 2 aromatic carbocycles. The van der Waals surface area contributed by atoms with E-state index in [1.807, 2.05) is 49.4 Å². The van der Waals surface area contributed by atoms with Crippen molar-refractivity contribution in [3.63, 3.8) is 0 Å². The molecule has 2 aromatic rings. The Morgan fingerprint density at radius 2 is 1.87 bits per heavy atom. The lowest BCUT2D eigenvalue weighted by molar-refractivity contribution is -0.0566. The molecule has 1 heterocycles. The van der Waals surface area contributed by atoms with Gasteiger partial charge >= 0.3 is 6.09 Å². The summed E-state index contributed by atoms with van der Waals surface area (Å²) >= 11 is 3.38. The number of hydrogen-bond donors (Lipinski definition) is 0. The van der Waals surface area contributed by atoms with Gasteiger partial charge in [-0.05, 0) is 37.5 Å². The standard InChI is InChI=1S/C22H25BrN2O4S/c1-18-11-13-21(14-12-18)30(27,28)25-20(10-6-3-7-15-23)16-24(25)22(26)29-17-19-8-4-2-5-9-19/h2,4-6,8-14,20H,3,7,15-17H2,1H3/b10-6+/t20-/m1/s1. The van der Waals surface area contributed by atoms with Crippen molar-refractivity contribution in [3.05, 3.63) is 77.9 Å². The minimum atomic E-state index is -3.89. The van der Waals surface area contributed by atoms with E-state index in [2.05, 4.69) is 15.9 Å². The number of carbonyl (C=O) groups excluding carboxylic acids is 1. The molecule has 160 valence electrons. The van der Waals surface area contributed by atoms with E-state index in [-0.39, 0.29) is 18.0 Å². The molecule has 1 aliphatic rings. The normalized spacial score (nSPS) is 17.1. The highest BCUT2D eigenvalue weighted by Gasteiger charge is 2.47. The van der Waals surface area contributed by atoms with E-state index in [1.165, 1.54) is 0 Å². The summed E-state index contributed by atoms with van der Waals surface area (Å²) in [6.45, 7) is 2.23. The van der Waals surface area contributed by atoms with Crippen molar-refractivity contribution < 1.29 is 17.9 Å². The molecule has 1 aliphatic heterocycles. The van der Waals surface area contributed by atoms with Crippen LogP contribution in [0.2, 0.25) is 0 Å². The van der Waals surface area contributed by atoms with Crippen molar-refractivity contribution in [2.24, 2.45) is 0 Å². The topological polar surface area (TPSA) is 66.9 Å². The fraction of sp³-hybridized carbons (Fsp3) is 0.318. The largest absolute Gasteiger partial charge is 0.444 e. The first kappa shape index (κ1) is 22.5. The molecule has 1 amide bonds. The summed E-state index contributed by atoms with van der Waals surface area (Å²) in [5, 5.41) is 2.03. The van der Waals surface area contributed by atoms with E-state index >= 15 is 0 Å². The van der Waals surface area contributed by atoms with Crippen molar-refractivity contribution in [1.29, 1.82) is 0 Å². The number of halogens is 1. The second-order valence-electron chi connectivity index (χ2n) is 7.04.